The second kappa shape index (κ2) is 6.86. The first kappa shape index (κ1) is 20.6. The van der Waals surface area contributed by atoms with E-state index in [9.17, 15) is 4.79 Å². The fraction of sp³-hybridized carbons (Fsp3) is 0.321. The van der Waals surface area contributed by atoms with Crippen molar-refractivity contribution in [2.24, 2.45) is 0 Å². The van der Waals surface area contributed by atoms with Crippen molar-refractivity contribution in [2.45, 2.75) is 51.3 Å². The zero-order valence-electron chi connectivity index (χ0n) is 19.4. The minimum atomic E-state index is -0.804. The van der Waals surface area contributed by atoms with Gasteiger partial charge in [-0.15, -0.1) is 0 Å². The minimum absolute atomic E-state index is 0.0225. The van der Waals surface area contributed by atoms with Gasteiger partial charge in [0.1, 0.15) is 12.3 Å². The van der Waals surface area contributed by atoms with Gasteiger partial charge in [-0.1, -0.05) is 48.5 Å². The van der Waals surface area contributed by atoms with Gasteiger partial charge in [0.15, 0.2) is 0 Å². The van der Waals surface area contributed by atoms with Gasteiger partial charge in [0.2, 0.25) is 11.6 Å². The summed E-state index contributed by atoms with van der Waals surface area (Å²) < 4.78 is 6.89. The summed E-state index contributed by atoms with van der Waals surface area (Å²) >= 11 is 0. The molecule has 0 fully saturated rings. The Balaban J connectivity index is 1.64. The molecule has 32 heavy (non-hydrogen) atoms. The number of ether oxygens (including phenoxy) is 1. The van der Waals surface area contributed by atoms with Crippen LogP contribution in [0.4, 0.5) is 5.69 Å². The van der Waals surface area contributed by atoms with Crippen molar-refractivity contribution >= 4 is 28.4 Å². The summed E-state index contributed by atoms with van der Waals surface area (Å²) in [5, 5.41) is 5.46. The van der Waals surface area contributed by atoms with E-state index in [-0.39, 0.29) is 23.4 Å². The second-order valence-corrected chi connectivity index (χ2v) is 10.4. The van der Waals surface area contributed by atoms with Crippen molar-refractivity contribution in [2.75, 3.05) is 11.4 Å². The third kappa shape index (κ3) is 3.01. The first-order valence-electron chi connectivity index (χ1n) is 11.2. The standard InChI is InChI=1S/C28H30N2O2/c1-26(2,3)29-25(31)18-30-23-13-9-8-12-22(23)27(4,5)28(30)17-16-21-20-11-7-6-10-19(20)14-15-24(21)32-28/h6-17H,18H2,1-5H3,(H,29,31)/t28-/m0/s1. The molecule has 1 atom stereocenters. The molecule has 0 saturated carbocycles. The molecule has 4 nitrogen and oxygen atoms in total. The van der Waals surface area contributed by atoms with Crippen molar-refractivity contribution in [3.05, 3.63) is 77.9 Å². The molecule has 2 aliphatic rings. The van der Waals surface area contributed by atoms with Crippen molar-refractivity contribution in [3.8, 4) is 5.75 Å². The van der Waals surface area contributed by atoms with Gasteiger partial charge in [0, 0.05) is 16.8 Å². The monoisotopic (exact) mass is 426 g/mol. The fourth-order valence-corrected chi connectivity index (χ4v) is 5.17. The Morgan fingerprint density at radius 3 is 2.50 bits per heavy atom. The largest absolute Gasteiger partial charge is 0.463 e. The molecule has 1 N–H and O–H groups in total. The van der Waals surface area contributed by atoms with Crippen molar-refractivity contribution in [1.29, 1.82) is 0 Å². The van der Waals surface area contributed by atoms with E-state index in [2.05, 4.69) is 90.8 Å². The van der Waals surface area contributed by atoms with Gasteiger partial charge in [-0.2, -0.15) is 0 Å². The number of benzene rings is 3. The predicted octanol–water partition coefficient (Wildman–Crippen LogP) is 5.65. The van der Waals surface area contributed by atoms with E-state index in [1.807, 2.05) is 26.8 Å². The molecule has 1 spiro atoms. The van der Waals surface area contributed by atoms with Gasteiger partial charge in [-0.05, 0) is 75.2 Å². The Morgan fingerprint density at radius 1 is 1.00 bits per heavy atom. The number of anilines is 1. The highest BCUT2D eigenvalue weighted by Gasteiger charge is 2.59. The third-order valence-electron chi connectivity index (χ3n) is 6.65. The molecule has 0 unspecified atom stereocenters. The van der Waals surface area contributed by atoms with Crippen molar-refractivity contribution < 1.29 is 9.53 Å². The summed E-state index contributed by atoms with van der Waals surface area (Å²) in [5.74, 6) is 0.819. The van der Waals surface area contributed by atoms with E-state index in [0.29, 0.717) is 0 Å². The van der Waals surface area contributed by atoms with Crippen LogP contribution < -0.4 is 15.0 Å². The van der Waals surface area contributed by atoms with Crippen LogP contribution in [0.1, 0.15) is 45.7 Å². The number of rotatable bonds is 2. The van der Waals surface area contributed by atoms with E-state index in [1.54, 1.807) is 0 Å². The van der Waals surface area contributed by atoms with E-state index in [4.69, 9.17) is 4.74 Å². The number of para-hydroxylation sites is 1. The Bertz CT molecular complexity index is 1250. The van der Waals surface area contributed by atoms with Crippen LogP contribution in [-0.2, 0) is 10.2 Å². The lowest BCUT2D eigenvalue weighted by atomic mass is 9.76. The van der Waals surface area contributed by atoms with E-state index >= 15 is 0 Å². The molecule has 0 radical (unpaired) electrons. The zero-order chi connectivity index (χ0) is 22.7. The van der Waals surface area contributed by atoms with Crippen molar-refractivity contribution in [3.63, 3.8) is 0 Å². The number of hydrogen-bond acceptors (Lipinski definition) is 3. The Morgan fingerprint density at radius 2 is 1.72 bits per heavy atom. The Hall–Kier alpha value is -3.27. The number of fused-ring (bicyclic) bond motifs is 4. The Kier molecular flexibility index (Phi) is 4.42. The lowest BCUT2D eigenvalue weighted by Crippen LogP contribution is -2.61. The summed E-state index contributed by atoms with van der Waals surface area (Å²) in [5.41, 5.74) is 1.83. The highest BCUT2D eigenvalue weighted by molar-refractivity contribution is 5.94. The molecule has 3 aromatic rings. The molecule has 0 saturated heterocycles. The molecular formula is C28H30N2O2. The maximum Gasteiger partial charge on any atom is 0.240 e. The number of carbonyl (C=O) groups excluding carboxylic acids is 1. The SMILES string of the molecule is CC(C)(C)NC(=O)CN1c2ccccc2C(C)(C)[C@@]12C=Cc1c(ccc3ccccc13)O2. The summed E-state index contributed by atoms with van der Waals surface area (Å²) in [6.07, 6.45) is 4.32. The molecule has 0 aromatic heterocycles. The van der Waals surface area contributed by atoms with Gasteiger partial charge in [0.05, 0.1) is 5.41 Å². The number of nitrogens with zero attached hydrogens (tertiary/aromatic N) is 1. The van der Waals surface area contributed by atoms with Crippen LogP contribution in [0.3, 0.4) is 0 Å². The van der Waals surface area contributed by atoms with Gasteiger partial charge < -0.3 is 15.0 Å². The van der Waals surface area contributed by atoms with E-state index in [1.165, 1.54) is 16.3 Å². The first-order chi connectivity index (χ1) is 15.1. The summed E-state index contributed by atoms with van der Waals surface area (Å²) in [4.78, 5) is 15.2. The number of carbonyl (C=O) groups is 1. The van der Waals surface area contributed by atoms with E-state index < -0.39 is 5.72 Å². The average Bonchev–Trinajstić information content (AvgIpc) is 2.91. The smallest absolute Gasteiger partial charge is 0.240 e. The van der Waals surface area contributed by atoms with Gasteiger partial charge >= 0.3 is 0 Å². The molecule has 2 heterocycles. The molecule has 4 heteroatoms. The molecule has 164 valence electrons. The van der Waals surface area contributed by atoms with Gasteiger partial charge in [-0.25, -0.2) is 0 Å². The summed E-state index contributed by atoms with van der Waals surface area (Å²) in [6.45, 7) is 10.6. The highest BCUT2D eigenvalue weighted by Crippen LogP contribution is 2.55. The predicted molar refractivity (Wildman–Crippen MR) is 131 cm³/mol. The average molecular weight is 427 g/mol. The zero-order valence-corrected chi connectivity index (χ0v) is 19.4. The van der Waals surface area contributed by atoms with Crippen LogP contribution in [-0.4, -0.2) is 23.7 Å². The fourth-order valence-electron chi connectivity index (χ4n) is 5.17. The second-order valence-electron chi connectivity index (χ2n) is 10.4. The molecule has 0 aliphatic carbocycles. The normalized spacial score (nSPS) is 20.7. The quantitative estimate of drug-likeness (QED) is 0.575. The van der Waals surface area contributed by atoms with Crippen LogP contribution in [0.25, 0.3) is 16.8 Å². The minimum Gasteiger partial charge on any atom is -0.463 e. The number of nitrogens with one attached hydrogen (secondary N) is 1. The molecular weight excluding hydrogens is 396 g/mol. The lowest BCUT2D eigenvalue weighted by Gasteiger charge is -2.47. The summed E-state index contributed by atoms with van der Waals surface area (Å²) in [6, 6.07) is 20.8. The van der Waals surface area contributed by atoms with Crippen LogP contribution in [0.2, 0.25) is 0 Å². The Labute approximate surface area is 189 Å². The van der Waals surface area contributed by atoms with Crippen LogP contribution >= 0.6 is 0 Å². The lowest BCUT2D eigenvalue weighted by molar-refractivity contribution is -0.121. The molecule has 3 aromatic carbocycles. The molecule has 5 rings (SSSR count). The number of hydrogen-bond donors (Lipinski definition) is 1. The topological polar surface area (TPSA) is 41.6 Å². The summed E-state index contributed by atoms with van der Waals surface area (Å²) in [7, 11) is 0. The van der Waals surface area contributed by atoms with Gasteiger partial charge in [-0.3, -0.25) is 4.79 Å². The van der Waals surface area contributed by atoms with Crippen LogP contribution in [0.5, 0.6) is 5.75 Å². The third-order valence-corrected chi connectivity index (χ3v) is 6.65. The maximum absolute atomic E-state index is 13.0. The van der Waals surface area contributed by atoms with Crippen LogP contribution in [0, 0.1) is 0 Å². The number of amides is 1. The van der Waals surface area contributed by atoms with Crippen molar-refractivity contribution in [1.82, 2.24) is 5.32 Å². The maximum atomic E-state index is 13.0. The first-order valence-corrected chi connectivity index (χ1v) is 11.2. The highest BCUT2D eigenvalue weighted by atomic mass is 16.5. The molecule has 2 aliphatic heterocycles. The van der Waals surface area contributed by atoms with E-state index in [0.717, 1.165) is 17.0 Å². The van der Waals surface area contributed by atoms with Crippen LogP contribution in [0.15, 0.2) is 66.7 Å². The van der Waals surface area contributed by atoms with Gasteiger partial charge in [0.25, 0.3) is 0 Å². The molecule has 0 bridgehead atoms. The molecule has 1 amide bonds.